The normalized spacial score (nSPS) is 51.9. The number of aliphatic hydroxyl groups excluding tert-OH is 1. The highest BCUT2D eigenvalue weighted by Crippen LogP contribution is 2.25. The molecule has 4 atom stereocenters. The fraction of sp³-hybridized carbons (Fsp3) is 1.00. The molecule has 0 saturated carbocycles. The fourth-order valence-corrected chi connectivity index (χ4v) is 1.78. The van der Waals surface area contributed by atoms with E-state index in [0.29, 0.717) is 0 Å². The van der Waals surface area contributed by atoms with Gasteiger partial charge < -0.3 is 9.84 Å². The van der Waals surface area contributed by atoms with Crippen molar-refractivity contribution in [3.63, 3.8) is 0 Å². The molecule has 0 bridgehead atoms. The van der Waals surface area contributed by atoms with Gasteiger partial charge in [-0.05, 0) is 6.92 Å². The van der Waals surface area contributed by atoms with Gasteiger partial charge in [0.05, 0.1) is 16.1 Å². The summed E-state index contributed by atoms with van der Waals surface area (Å²) >= 11 is 2.22. The highest BCUT2D eigenvalue weighted by molar-refractivity contribution is 14.1. The van der Waals surface area contributed by atoms with Crippen molar-refractivity contribution in [1.82, 2.24) is 0 Å². The lowest BCUT2D eigenvalue weighted by atomic mass is 9.96. The van der Waals surface area contributed by atoms with E-state index in [-0.39, 0.29) is 22.1 Å². The van der Waals surface area contributed by atoms with Crippen LogP contribution in [-0.4, -0.2) is 35.1 Å². The van der Waals surface area contributed by atoms with Gasteiger partial charge in [-0.1, -0.05) is 22.6 Å². The summed E-state index contributed by atoms with van der Waals surface area (Å²) in [6.07, 6.45) is -0.262. The number of aliphatic hydroxyl groups is 1. The van der Waals surface area contributed by atoms with Crippen LogP contribution in [0.2, 0.25) is 0 Å². The van der Waals surface area contributed by atoms with Gasteiger partial charge >= 0.3 is 0 Å². The summed E-state index contributed by atoms with van der Waals surface area (Å²) in [5.41, 5.74) is 0. The highest BCUT2D eigenvalue weighted by atomic mass is 127. The van der Waals surface area contributed by atoms with E-state index in [0.717, 1.165) is 0 Å². The predicted octanol–water partition coefficient (Wildman–Crippen LogP) is -0.471. The highest BCUT2D eigenvalue weighted by Gasteiger charge is 2.36. The molecule has 0 spiro atoms. The number of ether oxygens (including phenoxy) is 1. The molecule has 1 rings (SSSR count). The quantitative estimate of drug-likeness (QED) is 0.352. The molecule has 0 unspecified atom stereocenters. The third-order valence-corrected chi connectivity index (χ3v) is 3.43. The Labute approximate surface area is 69.5 Å². The van der Waals surface area contributed by atoms with Crippen LogP contribution in [0, 0.1) is 0 Å². The van der Waals surface area contributed by atoms with Crippen LogP contribution in [0.1, 0.15) is 6.92 Å². The number of rotatable bonds is 0. The van der Waals surface area contributed by atoms with Gasteiger partial charge in [-0.25, -0.2) is 0 Å². The molecular formula is C5H10BIO2. The maximum atomic E-state index is 9.30. The average Bonchev–Trinajstić information content (AvgIpc) is 1.98. The Balaban J connectivity index is 2.54. The molecule has 1 N–H and O–H groups in total. The van der Waals surface area contributed by atoms with E-state index in [1.165, 1.54) is 0 Å². The van der Waals surface area contributed by atoms with Crippen molar-refractivity contribution < 1.29 is 9.84 Å². The lowest BCUT2D eigenvalue weighted by Gasteiger charge is -2.07. The van der Waals surface area contributed by atoms with E-state index in [1.807, 2.05) is 14.8 Å². The SMILES string of the molecule is B[C@@H]1O[C@H](C)[C@@H](O)[C@H]1I. The van der Waals surface area contributed by atoms with Crippen molar-refractivity contribution in [3.05, 3.63) is 0 Å². The van der Waals surface area contributed by atoms with E-state index >= 15 is 0 Å². The lowest BCUT2D eigenvalue weighted by Crippen LogP contribution is -2.26. The molecule has 0 aliphatic carbocycles. The Morgan fingerprint density at radius 2 is 2.22 bits per heavy atom. The summed E-state index contributed by atoms with van der Waals surface area (Å²) in [4.78, 5) is 0. The van der Waals surface area contributed by atoms with Crippen molar-refractivity contribution in [1.29, 1.82) is 0 Å². The standard InChI is InChI=1S/C5H10BIO2/c1-2-4(8)3(7)5(6)9-2/h2-5,8H,6H2,1H3/t2-,3-,4-,5-/m1/s1. The predicted molar refractivity (Wildman–Crippen MR) is 46.7 cm³/mol. The second kappa shape index (κ2) is 2.76. The monoisotopic (exact) mass is 240 g/mol. The number of halogens is 1. The number of hydrogen-bond acceptors (Lipinski definition) is 2. The van der Waals surface area contributed by atoms with Crippen LogP contribution in [0.5, 0.6) is 0 Å². The number of alkyl halides is 1. The number of hydrogen-bond donors (Lipinski definition) is 1. The first-order valence-electron chi connectivity index (χ1n) is 3.10. The van der Waals surface area contributed by atoms with Crippen LogP contribution >= 0.6 is 22.6 Å². The zero-order valence-corrected chi connectivity index (χ0v) is 7.70. The van der Waals surface area contributed by atoms with Crippen molar-refractivity contribution in [2.75, 3.05) is 0 Å². The largest absolute Gasteiger partial charge is 0.389 e. The Morgan fingerprint density at radius 1 is 1.67 bits per heavy atom. The van der Waals surface area contributed by atoms with Crippen LogP contribution in [-0.2, 0) is 4.74 Å². The molecule has 1 saturated heterocycles. The first kappa shape index (κ1) is 7.82. The molecule has 0 aromatic rings. The molecule has 1 fully saturated rings. The summed E-state index contributed by atoms with van der Waals surface area (Å²) < 4.78 is 5.59. The van der Waals surface area contributed by atoms with Crippen molar-refractivity contribution in [3.8, 4) is 0 Å². The molecule has 0 radical (unpaired) electrons. The van der Waals surface area contributed by atoms with E-state index in [2.05, 4.69) is 22.6 Å². The second-order valence-corrected chi connectivity index (χ2v) is 3.92. The van der Waals surface area contributed by atoms with Gasteiger partial charge in [0.2, 0.25) is 0 Å². The summed E-state index contributed by atoms with van der Waals surface area (Å²) in [7, 11) is 1.99. The topological polar surface area (TPSA) is 29.5 Å². The fourth-order valence-electron chi connectivity index (χ4n) is 1.03. The summed E-state index contributed by atoms with van der Waals surface area (Å²) in [5, 5.41) is 9.30. The van der Waals surface area contributed by atoms with Gasteiger partial charge in [0.15, 0.2) is 0 Å². The Bertz CT molecular complexity index is 99.1. The Kier molecular flexibility index (Phi) is 2.40. The van der Waals surface area contributed by atoms with Crippen LogP contribution in [0.4, 0.5) is 0 Å². The average molecular weight is 240 g/mol. The minimum absolute atomic E-state index is 0.0156. The summed E-state index contributed by atoms with van der Waals surface area (Å²) in [6.45, 7) is 1.90. The molecule has 4 heteroatoms. The van der Waals surface area contributed by atoms with E-state index in [1.54, 1.807) is 0 Å². The minimum Gasteiger partial charge on any atom is -0.389 e. The van der Waals surface area contributed by atoms with Gasteiger partial charge in [-0.3, -0.25) is 0 Å². The summed E-state index contributed by atoms with van der Waals surface area (Å²) in [6, 6.07) is 0.204. The van der Waals surface area contributed by atoms with Crippen molar-refractivity contribution >= 4 is 30.4 Å². The van der Waals surface area contributed by atoms with E-state index in [9.17, 15) is 5.11 Å². The molecule has 1 aliphatic rings. The van der Waals surface area contributed by atoms with Gasteiger partial charge in [0, 0.05) is 6.00 Å². The van der Waals surface area contributed by atoms with Gasteiger partial charge in [-0.2, -0.15) is 0 Å². The van der Waals surface area contributed by atoms with Gasteiger partial charge in [0.25, 0.3) is 0 Å². The van der Waals surface area contributed by atoms with Gasteiger partial charge in [0.1, 0.15) is 7.85 Å². The molecule has 1 heterocycles. The molecular weight excluding hydrogens is 230 g/mol. The van der Waals surface area contributed by atoms with E-state index < -0.39 is 0 Å². The smallest absolute Gasteiger partial charge is 0.140 e. The van der Waals surface area contributed by atoms with Gasteiger partial charge in [-0.15, -0.1) is 0 Å². The zero-order valence-electron chi connectivity index (χ0n) is 5.54. The first-order valence-corrected chi connectivity index (χ1v) is 4.35. The van der Waals surface area contributed by atoms with E-state index in [4.69, 9.17) is 4.74 Å². The zero-order chi connectivity index (χ0) is 7.02. The molecule has 0 aromatic carbocycles. The minimum atomic E-state index is -0.277. The Morgan fingerprint density at radius 3 is 2.33 bits per heavy atom. The van der Waals surface area contributed by atoms with Crippen LogP contribution < -0.4 is 0 Å². The summed E-state index contributed by atoms with van der Waals surface area (Å²) in [5.74, 6) is 0. The molecule has 1 aliphatic heterocycles. The van der Waals surface area contributed by atoms with Crippen molar-refractivity contribution in [2.45, 2.75) is 29.1 Å². The molecule has 0 aromatic heterocycles. The molecule has 9 heavy (non-hydrogen) atoms. The maximum absolute atomic E-state index is 9.30. The van der Waals surface area contributed by atoms with Crippen LogP contribution in [0.3, 0.4) is 0 Å². The Hall–Kier alpha value is 0.715. The second-order valence-electron chi connectivity index (χ2n) is 2.48. The third kappa shape index (κ3) is 1.41. The third-order valence-electron chi connectivity index (χ3n) is 1.68. The van der Waals surface area contributed by atoms with Crippen LogP contribution in [0.15, 0.2) is 0 Å². The molecule has 0 amide bonds. The van der Waals surface area contributed by atoms with Crippen molar-refractivity contribution in [2.24, 2.45) is 0 Å². The van der Waals surface area contributed by atoms with Crippen LogP contribution in [0.25, 0.3) is 0 Å². The first-order chi connectivity index (χ1) is 4.13. The maximum Gasteiger partial charge on any atom is 0.140 e. The molecule has 52 valence electrons. The lowest BCUT2D eigenvalue weighted by molar-refractivity contribution is 0.0458. The molecule has 2 nitrogen and oxygen atoms in total.